The van der Waals surface area contributed by atoms with E-state index in [1.54, 1.807) is 0 Å². The number of aromatic nitrogens is 2. The number of hydrogen-bond acceptors (Lipinski definition) is 3. The summed E-state index contributed by atoms with van der Waals surface area (Å²) in [7, 11) is 0. The molecule has 2 atom stereocenters. The van der Waals surface area contributed by atoms with Gasteiger partial charge < -0.3 is 19.5 Å². The van der Waals surface area contributed by atoms with Gasteiger partial charge in [0.15, 0.2) is 5.11 Å². The second kappa shape index (κ2) is 10.9. The maximum atomic E-state index is 6.18. The molecule has 5 nitrogen and oxygen atoms in total. The van der Waals surface area contributed by atoms with Gasteiger partial charge >= 0.3 is 0 Å². The monoisotopic (exact) mass is 558 g/mol. The van der Waals surface area contributed by atoms with Crippen LogP contribution in [0.3, 0.4) is 0 Å². The third kappa shape index (κ3) is 5.11. The first-order valence-corrected chi connectivity index (χ1v) is 14.3. The van der Waals surface area contributed by atoms with E-state index in [-0.39, 0.29) is 12.1 Å². The topological polar surface area (TPSA) is 42.3 Å². The fourth-order valence-corrected chi connectivity index (χ4v) is 6.33. The van der Waals surface area contributed by atoms with Gasteiger partial charge in [0, 0.05) is 29.0 Å². The van der Waals surface area contributed by atoms with E-state index in [4.69, 9.17) is 21.9 Å². The number of hydrogen-bond donors (Lipinski definition) is 1. The lowest BCUT2D eigenvalue weighted by atomic mass is 9.96. The molecular formula is C35H34N4OS. The normalized spacial score (nSPS) is 16.6. The first-order chi connectivity index (χ1) is 19.8. The number of benzene rings is 3. The van der Waals surface area contributed by atoms with Crippen LogP contribution in [0.25, 0.3) is 5.69 Å². The number of aryl methyl sites for hydroxylation is 4. The molecule has 0 saturated carbocycles. The zero-order chi connectivity index (χ0) is 28.7. The van der Waals surface area contributed by atoms with Gasteiger partial charge in [-0.25, -0.2) is 0 Å². The highest BCUT2D eigenvalue weighted by Crippen LogP contribution is 2.44. The van der Waals surface area contributed by atoms with Crippen LogP contribution in [-0.4, -0.2) is 14.7 Å². The second-order valence-corrected chi connectivity index (χ2v) is 11.3. The molecule has 0 amide bonds. The summed E-state index contributed by atoms with van der Waals surface area (Å²) >= 11 is 5.99. The molecule has 0 radical (unpaired) electrons. The average molecular weight is 559 g/mol. The largest absolute Gasteiger partial charge is 0.457 e. The molecule has 6 rings (SSSR count). The molecule has 0 aliphatic carbocycles. The van der Waals surface area contributed by atoms with Crippen LogP contribution in [-0.2, 0) is 0 Å². The number of ether oxygens (including phenoxy) is 1. The first kappa shape index (κ1) is 26.8. The molecule has 1 fully saturated rings. The molecule has 1 saturated heterocycles. The van der Waals surface area contributed by atoms with Crippen molar-refractivity contribution < 1.29 is 4.74 Å². The van der Waals surface area contributed by atoms with Crippen LogP contribution >= 0.6 is 12.2 Å². The molecule has 1 aliphatic heterocycles. The van der Waals surface area contributed by atoms with E-state index >= 15 is 0 Å². The van der Waals surface area contributed by atoms with Gasteiger partial charge in [0.2, 0.25) is 0 Å². The van der Waals surface area contributed by atoms with E-state index in [1.807, 2.05) is 48.7 Å². The second-order valence-electron chi connectivity index (χ2n) is 10.9. The minimum absolute atomic E-state index is 0.0913. The minimum atomic E-state index is -0.111. The zero-order valence-electron chi connectivity index (χ0n) is 24.1. The highest BCUT2D eigenvalue weighted by molar-refractivity contribution is 7.80. The number of thiocarbonyl (C=S) groups is 1. The Bertz CT molecular complexity index is 1710. The molecular weight excluding hydrogens is 524 g/mol. The van der Waals surface area contributed by atoms with E-state index in [9.17, 15) is 0 Å². The molecule has 5 aromatic rings. The van der Waals surface area contributed by atoms with E-state index in [2.05, 4.69) is 97.9 Å². The van der Waals surface area contributed by atoms with Crippen molar-refractivity contribution in [1.82, 2.24) is 14.9 Å². The van der Waals surface area contributed by atoms with Gasteiger partial charge in [-0.3, -0.25) is 4.98 Å². The predicted octanol–water partition coefficient (Wildman–Crippen LogP) is 8.38. The SMILES string of the molecule is Cc1cc(C)cc(-n2c(C)cc([C@H]3[C@H](c4ccccn4)NC(=S)N3c3ccc(Oc4ccccc4C)cc3)c2C)c1. The van der Waals surface area contributed by atoms with E-state index < -0.39 is 0 Å². The molecule has 6 heteroatoms. The lowest BCUT2D eigenvalue weighted by Gasteiger charge is -2.28. The predicted molar refractivity (Wildman–Crippen MR) is 170 cm³/mol. The number of nitrogens with zero attached hydrogens (tertiary/aromatic N) is 3. The van der Waals surface area contributed by atoms with Crippen molar-refractivity contribution >= 4 is 23.0 Å². The number of nitrogens with one attached hydrogen (secondary N) is 1. The Labute approximate surface area is 247 Å². The maximum Gasteiger partial charge on any atom is 0.174 e. The van der Waals surface area contributed by atoms with Gasteiger partial charge in [-0.05, 0) is 130 Å². The molecule has 41 heavy (non-hydrogen) atoms. The Kier molecular flexibility index (Phi) is 7.10. The quantitative estimate of drug-likeness (QED) is 0.212. The van der Waals surface area contributed by atoms with Crippen molar-refractivity contribution in [3.05, 3.63) is 137 Å². The van der Waals surface area contributed by atoms with E-state index in [0.29, 0.717) is 5.11 Å². The van der Waals surface area contributed by atoms with Crippen LogP contribution in [0.4, 0.5) is 5.69 Å². The van der Waals surface area contributed by atoms with Gasteiger partial charge in [0.05, 0.1) is 17.8 Å². The van der Waals surface area contributed by atoms with Crippen molar-refractivity contribution in [2.24, 2.45) is 0 Å². The van der Waals surface area contributed by atoms with Gasteiger partial charge in [0.1, 0.15) is 11.5 Å². The average Bonchev–Trinajstić information content (AvgIpc) is 3.45. The molecule has 2 aromatic heterocycles. The summed E-state index contributed by atoms with van der Waals surface area (Å²) in [5, 5.41) is 4.27. The third-order valence-electron chi connectivity index (χ3n) is 7.79. The summed E-state index contributed by atoms with van der Waals surface area (Å²) < 4.78 is 8.53. The van der Waals surface area contributed by atoms with Crippen molar-refractivity contribution in [1.29, 1.82) is 0 Å². The van der Waals surface area contributed by atoms with E-state index in [1.165, 1.54) is 33.8 Å². The molecule has 0 spiro atoms. The molecule has 1 N–H and O–H groups in total. The molecule has 0 unspecified atom stereocenters. The zero-order valence-corrected chi connectivity index (χ0v) is 24.9. The fourth-order valence-electron chi connectivity index (χ4n) is 5.99. The third-order valence-corrected chi connectivity index (χ3v) is 8.10. The summed E-state index contributed by atoms with van der Waals surface area (Å²) in [6.07, 6.45) is 1.84. The van der Waals surface area contributed by atoms with Crippen LogP contribution < -0.4 is 15.0 Å². The number of anilines is 1. The Balaban J connectivity index is 1.42. The molecule has 3 heterocycles. The summed E-state index contributed by atoms with van der Waals surface area (Å²) in [6.45, 7) is 10.7. The van der Waals surface area contributed by atoms with Gasteiger partial charge in [0.25, 0.3) is 0 Å². The van der Waals surface area contributed by atoms with Crippen LogP contribution in [0.15, 0.2) is 97.2 Å². The summed E-state index contributed by atoms with van der Waals surface area (Å²) in [4.78, 5) is 6.95. The fraction of sp³-hybridized carbons (Fsp3) is 0.200. The van der Waals surface area contributed by atoms with Crippen LogP contribution in [0, 0.1) is 34.6 Å². The van der Waals surface area contributed by atoms with Crippen molar-refractivity contribution in [2.45, 2.75) is 46.7 Å². The smallest absolute Gasteiger partial charge is 0.174 e. The lowest BCUT2D eigenvalue weighted by molar-refractivity contribution is 0.479. The van der Waals surface area contributed by atoms with Gasteiger partial charge in [-0.2, -0.15) is 0 Å². The molecule has 0 bridgehead atoms. The highest BCUT2D eigenvalue weighted by Gasteiger charge is 2.42. The summed E-state index contributed by atoms with van der Waals surface area (Å²) in [5.41, 5.74) is 10.3. The van der Waals surface area contributed by atoms with Gasteiger partial charge in [-0.1, -0.05) is 30.3 Å². The van der Waals surface area contributed by atoms with Crippen LogP contribution in [0.2, 0.25) is 0 Å². The number of pyridine rings is 1. The standard InChI is InChI=1S/C35H34N4OS/c1-22-18-23(2)20-28(19-22)38-25(4)21-30(26(38)5)34-33(31-11-8-9-17-36-31)37-35(41)39(34)27-13-15-29(16-14-27)40-32-12-7-6-10-24(32)3/h6-21,33-34H,1-5H3,(H,37,41)/t33-,34-/m0/s1. The van der Waals surface area contributed by atoms with Gasteiger partial charge in [-0.15, -0.1) is 0 Å². The summed E-state index contributed by atoms with van der Waals surface area (Å²) in [6, 6.07) is 31.1. The molecule has 206 valence electrons. The number of para-hydroxylation sites is 1. The van der Waals surface area contributed by atoms with Crippen molar-refractivity contribution in [3.63, 3.8) is 0 Å². The Morgan fingerprint density at radius 2 is 1.49 bits per heavy atom. The molecule has 1 aliphatic rings. The van der Waals surface area contributed by atoms with Crippen LogP contribution in [0.5, 0.6) is 11.5 Å². The Morgan fingerprint density at radius 3 is 2.17 bits per heavy atom. The van der Waals surface area contributed by atoms with Crippen LogP contribution in [0.1, 0.15) is 51.4 Å². The minimum Gasteiger partial charge on any atom is -0.457 e. The highest BCUT2D eigenvalue weighted by atomic mass is 32.1. The maximum absolute atomic E-state index is 6.18. The first-order valence-electron chi connectivity index (χ1n) is 13.9. The van der Waals surface area contributed by atoms with E-state index in [0.717, 1.165) is 28.4 Å². The Morgan fingerprint density at radius 1 is 0.780 bits per heavy atom. The number of rotatable bonds is 6. The lowest BCUT2D eigenvalue weighted by Crippen LogP contribution is -2.29. The summed E-state index contributed by atoms with van der Waals surface area (Å²) in [5.74, 6) is 1.64. The van der Waals surface area contributed by atoms with Crippen molar-refractivity contribution in [2.75, 3.05) is 4.90 Å². The molecule has 3 aromatic carbocycles. The Hall–Kier alpha value is -4.42. The van der Waals surface area contributed by atoms with Crippen molar-refractivity contribution in [3.8, 4) is 17.2 Å².